The molecule has 2 rings (SSSR count). The molecule has 0 bridgehead atoms. The first-order valence-corrected chi connectivity index (χ1v) is 7.04. The first kappa shape index (κ1) is 17.0. The van der Waals surface area contributed by atoms with Gasteiger partial charge in [0, 0.05) is 18.3 Å². The van der Waals surface area contributed by atoms with Gasteiger partial charge in [0.25, 0.3) is 5.69 Å². The zero-order chi connectivity index (χ0) is 17.2. The Hall–Kier alpha value is -2.32. The smallest absolute Gasteiger partial charge is 0.423 e. The summed E-state index contributed by atoms with van der Waals surface area (Å²) in [5.41, 5.74) is -2.21. The van der Waals surface area contributed by atoms with Crippen LogP contribution in [0.5, 0.6) is 0 Å². The third kappa shape index (κ3) is 3.54. The van der Waals surface area contributed by atoms with Crippen LogP contribution in [-0.2, 0) is 15.7 Å². The Balaban J connectivity index is 2.40. The van der Waals surface area contributed by atoms with Crippen LogP contribution < -0.4 is 4.90 Å². The summed E-state index contributed by atoms with van der Waals surface area (Å²) in [6, 6.07) is 2.09. The number of rotatable bonds is 4. The third-order valence-corrected chi connectivity index (χ3v) is 3.63. The van der Waals surface area contributed by atoms with Crippen molar-refractivity contribution >= 4 is 17.3 Å². The Morgan fingerprint density at radius 2 is 2.17 bits per heavy atom. The van der Waals surface area contributed by atoms with E-state index < -0.39 is 34.4 Å². The summed E-state index contributed by atoms with van der Waals surface area (Å²) in [6.07, 6.45) is -3.75. The number of hydrogen-bond donors (Lipinski definition) is 0. The number of esters is 1. The fourth-order valence-electron chi connectivity index (χ4n) is 2.65. The lowest BCUT2D eigenvalue weighted by molar-refractivity contribution is -0.388. The van der Waals surface area contributed by atoms with Gasteiger partial charge < -0.3 is 9.64 Å². The molecule has 0 N–H and O–H groups in total. The van der Waals surface area contributed by atoms with E-state index in [0.29, 0.717) is 19.4 Å². The lowest BCUT2D eigenvalue weighted by Crippen LogP contribution is -2.37. The fraction of sp³-hybridized carbons (Fsp3) is 0.500. The molecular formula is C14H15F3N2O4. The standard InChI is InChI=1S/C14H15F3N2O4/c1-2-23-13(20)12-4-3-7-18(12)9-5-6-11(19(21)22)10(8-9)14(15,16)17/h5-6,8,12H,2-4,7H2,1H3. The number of nitro benzene ring substituents is 1. The van der Waals surface area contributed by atoms with Crippen LogP contribution in [0.15, 0.2) is 18.2 Å². The van der Waals surface area contributed by atoms with E-state index in [4.69, 9.17) is 4.74 Å². The summed E-state index contributed by atoms with van der Waals surface area (Å²) in [5.74, 6) is -0.503. The van der Waals surface area contributed by atoms with Gasteiger partial charge in [0.2, 0.25) is 0 Å². The molecule has 1 aromatic rings. The molecular weight excluding hydrogens is 317 g/mol. The number of hydrogen-bond acceptors (Lipinski definition) is 5. The molecule has 9 heteroatoms. The number of carbonyl (C=O) groups is 1. The molecule has 1 heterocycles. The molecule has 0 saturated carbocycles. The first-order chi connectivity index (χ1) is 10.8. The van der Waals surface area contributed by atoms with Gasteiger partial charge in [-0.05, 0) is 31.9 Å². The van der Waals surface area contributed by atoms with Gasteiger partial charge in [0.05, 0.1) is 11.5 Å². The van der Waals surface area contributed by atoms with Gasteiger partial charge in [-0.25, -0.2) is 4.79 Å². The molecule has 1 atom stereocenters. The molecule has 0 aliphatic carbocycles. The summed E-state index contributed by atoms with van der Waals surface area (Å²) in [5, 5.41) is 10.8. The van der Waals surface area contributed by atoms with Gasteiger partial charge in [0.1, 0.15) is 11.6 Å². The average Bonchev–Trinajstić information content (AvgIpc) is 2.95. The number of benzene rings is 1. The van der Waals surface area contributed by atoms with Gasteiger partial charge in [-0.3, -0.25) is 10.1 Å². The molecule has 1 aliphatic rings. The highest BCUT2D eigenvalue weighted by atomic mass is 19.4. The number of carbonyl (C=O) groups excluding carboxylic acids is 1. The van der Waals surface area contributed by atoms with Crippen LogP contribution in [0.25, 0.3) is 0 Å². The number of nitro groups is 1. The Morgan fingerprint density at radius 1 is 1.48 bits per heavy atom. The molecule has 0 amide bonds. The fourth-order valence-corrected chi connectivity index (χ4v) is 2.65. The molecule has 1 saturated heterocycles. The summed E-state index contributed by atoms with van der Waals surface area (Å²) in [7, 11) is 0. The largest absolute Gasteiger partial charge is 0.464 e. The van der Waals surface area contributed by atoms with Crippen molar-refractivity contribution in [3.63, 3.8) is 0 Å². The van der Waals surface area contributed by atoms with Gasteiger partial charge in [-0.1, -0.05) is 0 Å². The molecule has 1 fully saturated rings. The minimum Gasteiger partial charge on any atom is -0.464 e. The second-order valence-electron chi connectivity index (χ2n) is 5.06. The van der Waals surface area contributed by atoms with Crippen molar-refractivity contribution in [1.29, 1.82) is 0 Å². The van der Waals surface area contributed by atoms with Gasteiger partial charge >= 0.3 is 12.1 Å². The number of nitrogens with zero attached hydrogens (tertiary/aromatic N) is 2. The minimum atomic E-state index is -4.85. The summed E-state index contributed by atoms with van der Waals surface area (Å²) < 4.78 is 44.0. The normalized spacial score (nSPS) is 18.1. The van der Waals surface area contributed by atoms with Crippen molar-refractivity contribution in [2.75, 3.05) is 18.1 Å². The summed E-state index contributed by atoms with van der Waals surface area (Å²) >= 11 is 0. The van der Waals surface area contributed by atoms with E-state index in [1.54, 1.807) is 6.92 Å². The lowest BCUT2D eigenvalue weighted by atomic mass is 10.1. The minimum absolute atomic E-state index is 0.124. The Kier molecular flexibility index (Phi) is 4.76. The average molecular weight is 332 g/mol. The van der Waals surface area contributed by atoms with Crippen LogP contribution in [0.3, 0.4) is 0 Å². The Labute approximate surface area is 130 Å². The first-order valence-electron chi connectivity index (χ1n) is 7.04. The quantitative estimate of drug-likeness (QED) is 0.481. The predicted molar refractivity (Wildman–Crippen MR) is 75.1 cm³/mol. The van der Waals surface area contributed by atoms with Crippen molar-refractivity contribution in [3.05, 3.63) is 33.9 Å². The second-order valence-corrected chi connectivity index (χ2v) is 5.06. The van der Waals surface area contributed by atoms with Crippen molar-refractivity contribution in [1.82, 2.24) is 0 Å². The van der Waals surface area contributed by atoms with Crippen LogP contribution in [-0.4, -0.2) is 30.1 Å². The number of anilines is 1. The van der Waals surface area contributed by atoms with Crippen LogP contribution in [0.1, 0.15) is 25.3 Å². The molecule has 0 spiro atoms. The maximum absolute atomic E-state index is 13.0. The van der Waals surface area contributed by atoms with Crippen molar-refractivity contribution in [3.8, 4) is 0 Å². The van der Waals surface area contributed by atoms with Crippen LogP contribution in [0, 0.1) is 10.1 Å². The maximum Gasteiger partial charge on any atom is 0.423 e. The van der Waals surface area contributed by atoms with Crippen LogP contribution in [0.4, 0.5) is 24.5 Å². The van der Waals surface area contributed by atoms with E-state index in [1.807, 2.05) is 0 Å². The second kappa shape index (κ2) is 6.43. The molecule has 23 heavy (non-hydrogen) atoms. The summed E-state index contributed by atoms with van der Waals surface area (Å²) in [4.78, 5) is 23.1. The van der Waals surface area contributed by atoms with Crippen molar-refractivity contribution in [2.24, 2.45) is 0 Å². The monoisotopic (exact) mass is 332 g/mol. The molecule has 0 aromatic heterocycles. The predicted octanol–water partition coefficient (Wildman–Crippen LogP) is 3.15. The van der Waals surface area contributed by atoms with E-state index in [0.717, 1.165) is 12.1 Å². The maximum atomic E-state index is 13.0. The Bertz CT molecular complexity index is 619. The zero-order valence-electron chi connectivity index (χ0n) is 12.3. The topological polar surface area (TPSA) is 72.7 Å². The van der Waals surface area contributed by atoms with Crippen LogP contribution in [0.2, 0.25) is 0 Å². The highest BCUT2D eigenvalue weighted by Gasteiger charge is 2.40. The molecule has 6 nitrogen and oxygen atoms in total. The van der Waals surface area contributed by atoms with Gasteiger partial charge in [-0.15, -0.1) is 0 Å². The SMILES string of the molecule is CCOC(=O)C1CCCN1c1ccc([N+](=O)[O-])c(C(F)(F)F)c1. The molecule has 1 unspecified atom stereocenters. The third-order valence-electron chi connectivity index (χ3n) is 3.63. The van der Waals surface area contributed by atoms with E-state index >= 15 is 0 Å². The lowest BCUT2D eigenvalue weighted by Gasteiger charge is -2.25. The zero-order valence-corrected chi connectivity index (χ0v) is 12.3. The summed E-state index contributed by atoms with van der Waals surface area (Å²) in [6.45, 7) is 2.21. The molecule has 1 aliphatic heterocycles. The van der Waals surface area contributed by atoms with Gasteiger partial charge in [0.15, 0.2) is 0 Å². The molecule has 126 valence electrons. The van der Waals surface area contributed by atoms with Crippen molar-refractivity contribution < 1.29 is 27.6 Å². The van der Waals surface area contributed by atoms with Crippen molar-refractivity contribution in [2.45, 2.75) is 32.0 Å². The van der Waals surface area contributed by atoms with E-state index in [-0.39, 0.29) is 12.3 Å². The van der Waals surface area contributed by atoms with Gasteiger partial charge in [-0.2, -0.15) is 13.2 Å². The van der Waals surface area contributed by atoms with E-state index in [9.17, 15) is 28.1 Å². The van der Waals surface area contributed by atoms with Crippen LogP contribution >= 0.6 is 0 Å². The highest BCUT2D eigenvalue weighted by Crippen LogP contribution is 2.39. The molecule has 0 radical (unpaired) electrons. The Morgan fingerprint density at radius 3 is 2.74 bits per heavy atom. The van der Waals surface area contributed by atoms with E-state index in [1.165, 1.54) is 11.0 Å². The van der Waals surface area contributed by atoms with E-state index in [2.05, 4.69) is 0 Å². The molecule has 1 aromatic carbocycles. The number of ether oxygens (including phenoxy) is 1. The highest BCUT2D eigenvalue weighted by molar-refractivity contribution is 5.81. The number of halogens is 3. The number of alkyl halides is 3.